The van der Waals surface area contributed by atoms with Crippen molar-refractivity contribution < 1.29 is 0 Å². The van der Waals surface area contributed by atoms with Gasteiger partial charge in [-0.1, -0.05) is 30.3 Å². The lowest BCUT2D eigenvalue weighted by Gasteiger charge is -2.34. The van der Waals surface area contributed by atoms with Crippen LogP contribution in [0.2, 0.25) is 0 Å². The molecule has 0 atom stereocenters. The van der Waals surface area contributed by atoms with Crippen LogP contribution in [0.4, 0.5) is 17.3 Å². The van der Waals surface area contributed by atoms with Gasteiger partial charge in [-0.3, -0.25) is 9.36 Å². The van der Waals surface area contributed by atoms with Crippen molar-refractivity contribution in [3.8, 4) is 20.9 Å². The summed E-state index contributed by atoms with van der Waals surface area (Å²) in [6, 6.07) is 24.6. The Bertz CT molecular complexity index is 1620. The fourth-order valence-electron chi connectivity index (χ4n) is 4.88. The summed E-state index contributed by atoms with van der Waals surface area (Å²) < 4.78 is 1.73. The van der Waals surface area contributed by atoms with Crippen LogP contribution in [-0.4, -0.2) is 52.7 Å². The zero-order valence-electron chi connectivity index (χ0n) is 21.6. The van der Waals surface area contributed by atoms with Crippen LogP contribution in [-0.2, 0) is 6.54 Å². The van der Waals surface area contributed by atoms with Gasteiger partial charge in [0.25, 0.3) is 5.56 Å². The van der Waals surface area contributed by atoms with Gasteiger partial charge in [-0.05, 0) is 62.0 Å². The Hall–Kier alpha value is -4.01. The first-order chi connectivity index (χ1) is 18.6. The number of thiophene rings is 1. The summed E-state index contributed by atoms with van der Waals surface area (Å²) in [6.07, 6.45) is 1.80. The number of benzene rings is 2. The average Bonchev–Trinajstić information content (AvgIpc) is 3.44. The summed E-state index contributed by atoms with van der Waals surface area (Å²) >= 11 is 1.63. The number of likely N-dealkylation sites (N-methyl/N-ethyl adjacent to an activating group) is 1. The normalized spacial score (nSPS) is 14.2. The van der Waals surface area contributed by atoms with E-state index in [4.69, 9.17) is 4.98 Å². The Morgan fingerprint density at radius 1 is 0.921 bits per heavy atom. The fraction of sp³-hybridized carbons (Fsp3) is 0.233. The highest BCUT2D eigenvalue weighted by Gasteiger charge is 2.16. The van der Waals surface area contributed by atoms with Crippen molar-refractivity contribution in [1.82, 2.24) is 19.4 Å². The molecule has 6 rings (SSSR count). The van der Waals surface area contributed by atoms with E-state index in [9.17, 15) is 4.79 Å². The van der Waals surface area contributed by atoms with E-state index < -0.39 is 0 Å². The van der Waals surface area contributed by atoms with Gasteiger partial charge >= 0.3 is 0 Å². The van der Waals surface area contributed by atoms with E-state index >= 15 is 0 Å². The number of nitrogens with zero attached hydrogens (tertiary/aromatic N) is 5. The number of fused-ring (bicyclic) bond motifs is 1. The van der Waals surface area contributed by atoms with E-state index in [-0.39, 0.29) is 5.56 Å². The summed E-state index contributed by atoms with van der Waals surface area (Å²) in [4.78, 5) is 29.7. The van der Waals surface area contributed by atoms with Crippen molar-refractivity contribution in [2.75, 3.05) is 43.4 Å². The van der Waals surface area contributed by atoms with Crippen molar-refractivity contribution in [2.45, 2.75) is 13.5 Å². The van der Waals surface area contributed by atoms with Gasteiger partial charge in [0, 0.05) is 65.4 Å². The molecule has 5 aromatic rings. The number of hydrogen-bond donors (Lipinski definition) is 1. The lowest BCUT2D eigenvalue weighted by molar-refractivity contribution is 0.313. The van der Waals surface area contributed by atoms with E-state index in [1.54, 1.807) is 22.1 Å². The highest BCUT2D eigenvalue weighted by molar-refractivity contribution is 7.18. The average molecular weight is 523 g/mol. The summed E-state index contributed by atoms with van der Waals surface area (Å²) in [5.41, 5.74) is 4.55. The van der Waals surface area contributed by atoms with Crippen LogP contribution in [0.3, 0.4) is 0 Å². The second kappa shape index (κ2) is 10.4. The van der Waals surface area contributed by atoms with Gasteiger partial charge in [-0.2, -0.15) is 4.98 Å². The molecule has 0 amide bonds. The maximum Gasteiger partial charge on any atom is 0.260 e. The minimum atomic E-state index is -0.0392. The molecular formula is C30H30N6OS. The molecule has 0 radical (unpaired) electrons. The van der Waals surface area contributed by atoms with Crippen molar-refractivity contribution in [3.63, 3.8) is 0 Å². The molecule has 38 heavy (non-hydrogen) atoms. The Kier molecular flexibility index (Phi) is 6.66. The van der Waals surface area contributed by atoms with Crippen molar-refractivity contribution in [3.05, 3.63) is 89.3 Å². The first-order valence-corrected chi connectivity index (χ1v) is 13.8. The lowest BCUT2D eigenvalue weighted by Crippen LogP contribution is -2.44. The minimum Gasteiger partial charge on any atom is -0.369 e. The summed E-state index contributed by atoms with van der Waals surface area (Å²) in [5, 5.41) is 4.15. The Morgan fingerprint density at radius 2 is 1.66 bits per heavy atom. The van der Waals surface area contributed by atoms with Gasteiger partial charge in [-0.15, -0.1) is 11.3 Å². The van der Waals surface area contributed by atoms with Crippen LogP contribution < -0.4 is 15.8 Å². The van der Waals surface area contributed by atoms with E-state index in [0.717, 1.165) is 52.6 Å². The van der Waals surface area contributed by atoms with Gasteiger partial charge in [0.05, 0.1) is 5.56 Å². The molecule has 0 spiro atoms. The number of piperazine rings is 1. The second-order valence-electron chi connectivity index (χ2n) is 9.57. The monoisotopic (exact) mass is 522 g/mol. The van der Waals surface area contributed by atoms with Crippen LogP contribution in [0.1, 0.15) is 6.92 Å². The molecule has 1 aliphatic heterocycles. The quantitative estimate of drug-likeness (QED) is 0.309. The van der Waals surface area contributed by atoms with Crippen LogP contribution >= 0.6 is 11.3 Å². The molecule has 7 nitrogen and oxygen atoms in total. The largest absolute Gasteiger partial charge is 0.369 e. The van der Waals surface area contributed by atoms with E-state index in [1.165, 1.54) is 5.69 Å². The lowest BCUT2D eigenvalue weighted by atomic mass is 10.1. The highest BCUT2D eigenvalue weighted by atomic mass is 32.1. The van der Waals surface area contributed by atoms with Crippen LogP contribution in [0.25, 0.3) is 31.9 Å². The highest BCUT2D eigenvalue weighted by Crippen LogP contribution is 2.34. The van der Waals surface area contributed by atoms with Crippen molar-refractivity contribution in [2.24, 2.45) is 0 Å². The molecule has 1 fully saturated rings. The predicted molar refractivity (Wildman–Crippen MR) is 158 cm³/mol. The molecule has 1 saturated heterocycles. The SMILES string of the molecule is CCn1c(=O)c(-c2ccc(-c3ccccc3)s2)cc2cnc(Nc3ccc(N4CCN(C)CC4)cc3)nc21. The molecular weight excluding hydrogens is 492 g/mol. The molecule has 0 unspecified atom stereocenters. The summed E-state index contributed by atoms with van der Waals surface area (Å²) in [6.45, 7) is 6.72. The molecule has 0 saturated carbocycles. The van der Waals surface area contributed by atoms with Crippen molar-refractivity contribution in [1.29, 1.82) is 0 Å². The number of anilines is 3. The number of hydrogen-bond acceptors (Lipinski definition) is 7. The topological polar surface area (TPSA) is 66.3 Å². The van der Waals surface area contributed by atoms with Gasteiger partial charge in [0.2, 0.25) is 5.95 Å². The Balaban J connectivity index is 1.27. The smallest absolute Gasteiger partial charge is 0.260 e. The van der Waals surface area contributed by atoms with Gasteiger partial charge in [-0.25, -0.2) is 4.98 Å². The van der Waals surface area contributed by atoms with E-state index in [0.29, 0.717) is 23.7 Å². The van der Waals surface area contributed by atoms with Gasteiger partial charge in [0.15, 0.2) is 0 Å². The summed E-state index contributed by atoms with van der Waals surface area (Å²) in [7, 11) is 2.16. The number of pyridine rings is 1. The molecule has 1 N–H and O–H groups in total. The molecule has 1 aliphatic rings. The third-order valence-electron chi connectivity index (χ3n) is 7.06. The predicted octanol–water partition coefficient (Wildman–Crippen LogP) is 5.70. The molecule has 4 heterocycles. The second-order valence-corrected chi connectivity index (χ2v) is 10.7. The van der Waals surface area contributed by atoms with Crippen LogP contribution in [0.15, 0.2) is 83.8 Å². The Labute approximate surface area is 226 Å². The molecule has 0 bridgehead atoms. The van der Waals surface area contributed by atoms with Gasteiger partial charge in [0.1, 0.15) is 5.65 Å². The van der Waals surface area contributed by atoms with Crippen LogP contribution in [0, 0.1) is 0 Å². The fourth-order valence-corrected chi connectivity index (χ4v) is 5.90. The van der Waals surface area contributed by atoms with Crippen molar-refractivity contribution >= 4 is 39.7 Å². The molecule has 0 aliphatic carbocycles. The number of nitrogens with one attached hydrogen (secondary N) is 1. The molecule has 192 valence electrons. The zero-order valence-corrected chi connectivity index (χ0v) is 22.4. The number of aromatic nitrogens is 3. The molecule has 8 heteroatoms. The first kappa shape index (κ1) is 24.3. The Morgan fingerprint density at radius 3 is 2.39 bits per heavy atom. The number of rotatable bonds is 6. The molecule has 3 aromatic heterocycles. The van der Waals surface area contributed by atoms with Crippen LogP contribution in [0.5, 0.6) is 0 Å². The number of aryl methyl sites for hydroxylation is 1. The summed E-state index contributed by atoms with van der Waals surface area (Å²) in [5.74, 6) is 0.474. The van der Waals surface area contributed by atoms with Gasteiger partial charge < -0.3 is 15.1 Å². The van der Waals surface area contributed by atoms with E-state index in [1.807, 2.05) is 37.3 Å². The van der Waals surface area contributed by atoms with E-state index in [2.05, 4.69) is 69.6 Å². The maximum atomic E-state index is 13.5. The molecule has 2 aromatic carbocycles. The maximum absolute atomic E-state index is 13.5. The minimum absolute atomic E-state index is 0.0392. The first-order valence-electron chi connectivity index (χ1n) is 13.0. The third-order valence-corrected chi connectivity index (χ3v) is 8.23. The zero-order chi connectivity index (χ0) is 26.1. The third kappa shape index (κ3) is 4.80. The standard InChI is InChI=1S/C30H30N6OS/c1-3-36-28-22(19-25(29(36)37)27-14-13-26(38-27)21-7-5-4-6-8-21)20-31-30(33-28)32-23-9-11-24(12-10-23)35-17-15-34(2)16-18-35/h4-14,19-20H,3,15-18H2,1-2H3,(H,31,32,33).